The van der Waals surface area contributed by atoms with Gasteiger partial charge < -0.3 is 5.32 Å². The van der Waals surface area contributed by atoms with Crippen LogP contribution < -0.4 is 5.32 Å². The van der Waals surface area contributed by atoms with E-state index >= 15 is 0 Å². The van der Waals surface area contributed by atoms with Crippen LogP contribution >= 0.6 is 23.5 Å². The van der Waals surface area contributed by atoms with Crippen molar-refractivity contribution in [3.05, 3.63) is 53.3 Å². The summed E-state index contributed by atoms with van der Waals surface area (Å²) in [6, 6.07) is 9.87. The van der Waals surface area contributed by atoms with Crippen molar-refractivity contribution in [2.45, 2.75) is 17.9 Å². The summed E-state index contributed by atoms with van der Waals surface area (Å²) in [4.78, 5) is 17.0. The Bertz CT molecular complexity index is 946. The van der Waals surface area contributed by atoms with Crippen LogP contribution in [0.15, 0.2) is 36.5 Å². The van der Waals surface area contributed by atoms with Gasteiger partial charge in [-0.1, -0.05) is 12.1 Å². The van der Waals surface area contributed by atoms with Crippen LogP contribution in [0.4, 0.5) is 5.69 Å². The van der Waals surface area contributed by atoms with Crippen molar-refractivity contribution in [1.82, 2.24) is 14.8 Å². The molecular formula is C19H20N4OS2. The Morgan fingerprint density at radius 3 is 2.69 bits per heavy atom. The average Bonchev–Trinajstić information content (AvgIpc) is 2.96. The van der Waals surface area contributed by atoms with E-state index in [4.69, 9.17) is 0 Å². The van der Waals surface area contributed by atoms with Gasteiger partial charge in [-0.15, -0.1) is 23.5 Å². The highest BCUT2D eigenvalue weighted by Crippen LogP contribution is 2.43. The second-order valence-electron chi connectivity index (χ2n) is 6.31. The number of aromatic nitrogens is 3. The monoisotopic (exact) mass is 384 g/mol. The minimum absolute atomic E-state index is 0.122. The Hall–Kier alpha value is -1.99. The zero-order valence-corrected chi connectivity index (χ0v) is 16.4. The first-order chi connectivity index (χ1) is 12.6. The van der Waals surface area contributed by atoms with E-state index in [0.29, 0.717) is 15.8 Å². The summed E-state index contributed by atoms with van der Waals surface area (Å²) in [7, 11) is 1.87. The van der Waals surface area contributed by atoms with E-state index in [1.807, 2.05) is 55.7 Å². The molecule has 3 aromatic rings. The standard InChI is InChI=1S/C19H20N4OS2/c1-12-16-10-15(11-20-17(16)23(2)22-12)21-18(24)13-4-6-14(7-5-13)19-25-8-3-9-26-19/h4-7,10-11,19H,3,8-9H2,1-2H3,(H,21,24). The van der Waals surface area contributed by atoms with Crippen molar-refractivity contribution in [3.63, 3.8) is 0 Å². The maximum Gasteiger partial charge on any atom is 0.255 e. The van der Waals surface area contributed by atoms with E-state index in [1.165, 1.54) is 23.5 Å². The SMILES string of the molecule is Cc1nn(C)c2ncc(NC(=O)c3ccc(C4SCCCS4)cc3)cc12. The molecule has 7 heteroatoms. The van der Waals surface area contributed by atoms with Crippen LogP contribution in [0.25, 0.3) is 11.0 Å². The average molecular weight is 385 g/mol. The normalized spacial score (nSPS) is 15.3. The Kier molecular flexibility index (Phi) is 4.91. The highest BCUT2D eigenvalue weighted by atomic mass is 32.2. The van der Waals surface area contributed by atoms with Crippen molar-refractivity contribution >= 4 is 46.2 Å². The van der Waals surface area contributed by atoms with Crippen molar-refractivity contribution in [3.8, 4) is 0 Å². The van der Waals surface area contributed by atoms with Gasteiger partial charge in [0.1, 0.15) is 0 Å². The fourth-order valence-corrected chi connectivity index (χ4v) is 5.95. The molecule has 2 aromatic heterocycles. The number of carbonyl (C=O) groups excluding carboxylic acids is 1. The van der Waals surface area contributed by atoms with Gasteiger partial charge in [0.25, 0.3) is 5.91 Å². The molecule has 4 rings (SSSR count). The van der Waals surface area contributed by atoms with Gasteiger partial charge in [-0.2, -0.15) is 5.10 Å². The summed E-state index contributed by atoms with van der Waals surface area (Å²) >= 11 is 3.97. The fourth-order valence-electron chi connectivity index (χ4n) is 3.05. The van der Waals surface area contributed by atoms with Crippen molar-refractivity contribution < 1.29 is 4.79 Å². The predicted molar refractivity (Wildman–Crippen MR) is 110 cm³/mol. The topological polar surface area (TPSA) is 59.8 Å². The number of fused-ring (bicyclic) bond motifs is 1. The van der Waals surface area contributed by atoms with Crippen LogP contribution in [-0.2, 0) is 7.05 Å². The van der Waals surface area contributed by atoms with Gasteiger partial charge in [0.2, 0.25) is 0 Å². The van der Waals surface area contributed by atoms with Crippen LogP contribution in [0.3, 0.4) is 0 Å². The van der Waals surface area contributed by atoms with Crippen LogP contribution in [0, 0.1) is 6.92 Å². The first-order valence-corrected chi connectivity index (χ1v) is 10.7. The number of benzene rings is 1. The van der Waals surface area contributed by atoms with Crippen molar-refractivity contribution in [2.24, 2.45) is 7.05 Å². The van der Waals surface area contributed by atoms with Gasteiger partial charge in [0, 0.05) is 18.0 Å². The molecule has 0 atom stereocenters. The van der Waals surface area contributed by atoms with E-state index in [1.54, 1.807) is 10.9 Å². The predicted octanol–water partition coefficient (Wildman–Crippen LogP) is 4.40. The third-order valence-corrected chi connectivity index (χ3v) is 7.41. The number of pyridine rings is 1. The van der Waals surface area contributed by atoms with Gasteiger partial charge in [-0.05, 0) is 48.6 Å². The van der Waals surface area contributed by atoms with Crippen molar-refractivity contribution in [2.75, 3.05) is 16.8 Å². The summed E-state index contributed by atoms with van der Waals surface area (Å²) < 4.78 is 2.23. The molecular weight excluding hydrogens is 364 g/mol. The number of thioether (sulfide) groups is 2. The molecule has 1 amide bonds. The Morgan fingerprint density at radius 2 is 1.96 bits per heavy atom. The fraction of sp³-hybridized carbons (Fsp3) is 0.316. The van der Waals surface area contributed by atoms with E-state index in [9.17, 15) is 4.79 Å². The number of hydrogen-bond donors (Lipinski definition) is 1. The lowest BCUT2D eigenvalue weighted by atomic mass is 10.1. The number of aryl methyl sites for hydroxylation is 2. The number of nitrogens with zero attached hydrogens (tertiary/aromatic N) is 3. The maximum absolute atomic E-state index is 12.6. The molecule has 0 aliphatic carbocycles. The molecule has 0 spiro atoms. The second-order valence-corrected chi connectivity index (χ2v) is 9.03. The summed E-state index contributed by atoms with van der Waals surface area (Å²) in [5.41, 5.74) is 4.33. The Labute approximate surface area is 161 Å². The summed E-state index contributed by atoms with van der Waals surface area (Å²) in [5, 5.41) is 8.25. The third-order valence-electron chi connectivity index (χ3n) is 4.39. The van der Waals surface area contributed by atoms with Gasteiger partial charge in [-0.25, -0.2) is 4.98 Å². The molecule has 1 N–H and O–H groups in total. The minimum Gasteiger partial charge on any atom is -0.321 e. The van der Waals surface area contributed by atoms with E-state index < -0.39 is 0 Å². The van der Waals surface area contributed by atoms with Gasteiger partial charge >= 0.3 is 0 Å². The molecule has 3 heterocycles. The third kappa shape index (κ3) is 3.46. The lowest BCUT2D eigenvalue weighted by Crippen LogP contribution is -2.12. The van der Waals surface area contributed by atoms with Crippen LogP contribution in [-0.4, -0.2) is 32.2 Å². The number of amides is 1. The molecule has 0 bridgehead atoms. The molecule has 26 heavy (non-hydrogen) atoms. The summed E-state index contributed by atoms with van der Waals surface area (Å²) in [6.45, 7) is 1.94. The second kappa shape index (κ2) is 7.32. The van der Waals surface area contributed by atoms with Crippen LogP contribution in [0.1, 0.15) is 32.6 Å². The highest BCUT2D eigenvalue weighted by Gasteiger charge is 2.17. The zero-order chi connectivity index (χ0) is 18.1. The van der Waals surface area contributed by atoms with Crippen LogP contribution in [0.5, 0.6) is 0 Å². The number of nitrogens with one attached hydrogen (secondary N) is 1. The largest absolute Gasteiger partial charge is 0.321 e. The number of carbonyl (C=O) groups is 1. The first-order valence-electron chi connectivity index (χ1n) is 8.56. The van der Waals surface area contributed by atoms with Gasteiger partial charge in [-0.3, -0.25) is 9.48 Å². The smallest absolute Gasteiger partial charge is 0.255 e. The molecule has 0 radical (unpaired) electrons. The molecule has 1 aromatic carbocycles. The van der Waals surface area contributed by atoms with E-state index in [2.05, 4.69) is 27.5 Å². The Morgan fingerprint density at radius 1 is 1.23 bits per heavy atom. The highest BCUT2D eigenvalue weighted by molar-refractivity contribution is 8.16. The van der Waals surface area contributed by atoms with E-state index in [0.717, 1.165) is 16.7 Å². The molecule has 0 saturated carbocycles. The molecule has 1 aliphatic heterocycles. The Balaban J connectivity index is 1.50. The lowest BCUT2D eigenvalue weighted by molar-refractivity contribution is 0.102. The maximum atomic E-state index is 12.6. The van der Waals surface area contributed by atoms with Gasteiger partial charge in [0.05, 0.1) is 22.2 Å². The lowest BCUT2D eigenvalue weighted by Gasteiger charge is -2.21. The van der Waals surface area contributed by atoms with Crippen molar-refractivity contribution in [1.29, 1.82) is 0 Å². The molecule has 134 valence electrons. The number of hydrogen-bond acceptors (Lipinski definition) is 5. The molecule has 0 unspecified atom stereocenters. The summed E-state index contributed by atoms with van der Waals surface area (Å²) in [6.07, 6.45) is 2.95. The van der Waals surface area contributed by atoms with Crippen LogP contribution in [0.2, 0.25) is 0 Å². The zero-order valence-electron chi connectivity index (χ0n) is 14.7. The van der Waals surface area contributed by atoms with Gasteiger partial charge in [0.15, 0.2) is 5.65 Å². The van der Waals surface area contributed by atoms with E-state index in [-0.39, 0.29) is 5.91 Å². The minimum atomic E-state index is -0.122. The molecule has 5 nitrogen and oxygen atoms in total. The summed E-state index contributed by atoms with van der Waals surface area (Å²) in [5.74, 6) is 2.30. The first kappa shape index (κ1) is 17.4. The number of anilines is 1. The number of rotatable bonds is 3. The molecule has 1 aliphatic rings. The molecule has 1 fully saturated rings. The quantitative estimate of drug-likeness (QED) is 0.725. The molecule has 1 saturated heterocycles.